The van der Waals surface area contributed by atoms with Crippen LogP contribution in [0.15, 0.2) is 36.4 Å². The van der Waals surface area contributed by atoms with Gasteiger partial charge in [0.1, 0.15) is 5.82 Å². The molecule has 0 atom stereocenters. The van der Waals surface area contributed by atoms with E-state index in [0.717, 1.165) is 5.56 Å². The van der Waals surface area contributed by atoms with Crippen LogP contribution >= 0.6 is 23.2 Å². The lowest BCUT2D eigenvalue weighted by Crippen LogP contribution is -2.04. The number of hydrogen-bond donors (Lipinski definition) is 1. The average molecular weight is 284 g/mol. The van der Waals surface area contributed by atoms with Crippen molar-refractivity contribution < 1.29 is 4.39 Å². The summed E-state index contributed by atoms with van der Waals surface area (Å²) in [6, 6.07) is 10.1. The second-order valence-corrected chi connectivity index (χ2v) is 4.81. The summed E-state index contributed by atoms with van der Waals surface area (Å²) in [6.45, 7) is 0.425. The molecule has 0 heterocycles. The van der Waals surface area contributed by atoms with Gasteiger partial charge in [0.05, 0.1) is 0 Å². The van der Waals surface area contributed by atoms with Crippen LogP contribution in [-0.4, -0.2) is 6.54 Å². The third-order valence-electron chi connectivity index (χ3n) is 2.71. The molecule has 2 aromatic rings. The first kappa shape index (κ1) is 13.3. The molecule has 2 rings (SSSR count). The highest BCUT2D eigenvalue weighted by atomic mass is 35.5. The van der Waals surface area contributed by atoms with Crippen molar-refractivity contribution in [3.63, 3.8) is 0 Å². The van der Waals surface area contributed by atoms with E-state index in [1.807, 2.05) is 6.07 Å². The Morgan fingerprint density at radius 2 is 1.83 bits per heavy atom. The van der Waals surface area contributed by atoms with Crippen LogP contribution in [0.1, 0.15) is 5.56 Å². The molecule has 0 aliphatic heterocycles. The Kier molecular flexibility index (Phi) is 4.23. The van der Waals surface area contributed by atoms with Crippen LogP contribution in [0.25, 0.3) is 11.1 Å². The zero-order chi connectivity index (χ0) is 13.1. The largest absolute Gasteiger partial charge is 0.330 e. The van der Waals surface area contributed by atoms with Crippen molar-refractivity contribution in [1.29, 1.82) is 0 Å². The van der Waals surface area contributed by atoms with Gasteiger partial charge in [-0.3, -0.25) is 0 Å². The van der Waals surface area contributed by atoms with E-state index in [1.54, 1.807) is 24.3 Å². The summed E-state index contributed by atoms with van der Waals surface area (Å²) in [4.78, 5) is 0. The molecule has 94 valence electrons. The Morgan fingerprint density at radius 3 is 2.50 bits per heavy atom. The zero-order valence-corrected chi connectivity index (χ0v) is 11.1. The highest BCUT2D eigenvalue weighted by Gasteiger charge is 2.08. The summed E-state index contributed by atoms with van der Waals surface area (Å²) in [5.74, 6) is -0.269. The van der Waals surface area contributed by atoms with E-state index in [-0.39, 0.29) is 5.82 Å². The van der Waals surface area contributed by atoms with E-state index in [9.17, 15) is 4.39 Å². The molecule has 18 heavy (non-hydrogen) atoms. The molecule has 0 bridgehead atoms. The van der Waals surface area contributed by atoms with Gasteiger partial charge >= 0.3 is 0 Å². The van der Waals surface area contributed by atoms with E-state index in [2.05, 4.69) is 0 Å². The molecule has 0 amide bonds. The third-order valence-corrected chi connectivity index (χ3v) is 3.27. The van der Waals surface area contributed by atoms with Gasteiger partial charge in [-0.05, 0) is 48.4 Å². The van der Waals surface area contributed by atoms with Gasteiger partial charge in [-0.25, -0.2) is 4.39 Å². The first-order valence-corrected chi connectivity index (χ1v) is 6.31. The summed E-state index contributed by atoms with van der Waals surface area (Å²) in [5, 5.41) is 1.12. The highest BCUT2D eigenvalue weighted by molar-refractivity contribution is 6.35. The first-order valence-electron chi connectivity index (χ1n) is 5.55. The van der Waals surface area contributed by atoms with E-state index < -0.39 is 0 Å². The van der Waals surface area contributed by atoms with Crippen LogP contribution in [0.5, 0.6) is 0 Å². The van der Waals surface area contributed by atoms with Gasteiger partial charge < -0.3 is 5.73 Å². The minimum atomic E-state index is -0.269. The Balaban J connectivity index is 2.45. The maximum atomic E-state index is 13.8. The molecule has 0 spiro atoms. The number of rotatable bonds is 3. The van der Waals surface area contributed by atoms with Gasteiger partial charge in [-0.1, -0.05) is 35.3 Å². The van der Waals surface area contributed by atoms with Gasteiger partial charge in [0.25, 0.3) is 0 Å². The second-order valence-electron chi connectivity index (χ2n) is 3.97. The Hall–Kier alpha value is -1.09. The lowest BCUT2D eigenvalue weighted by molar-refractivity contribution is 0.610. The van der Waals surface area contributed by atoms with Crippen LogP contribution in [0.4, 0.5) is 4.39 Å². The minimum Gasteiger partial charge on any atom is -0.330 e. The molecule has 2 aromatic carbocycles. The molecule has 0 aliphatic rings. The molecular formula is C14H12Cl2FN. The van der Waals surface area contributed by atoms with Crippen molar-refractivity contribution in [3.8, 4) is 11.1 Å². The molecule has 0 radical (unpaired) electrons. The standard InChI is InChI=1S/C14H12Cl2FN/c15-11-3-4-13(16)12(8-11)10-2-1-9(5-6-18)14(17)7-10/h1-4,7-8H,5-6,18H2. The molecule has 2 N–H and O–H groups in total. The number of hydrogen-bond acceptors (Lipinski definition) is 1. The summed E-state index contributed by atoms with van der Waals surface area (Å²) >= 11 is 12.0. The normalized spacial score (nSPS) is 10.7. The monoisotopic (exact) mass is 283 g/mol. The number of halogens is 3. The van der Waals surface area contributed by atoms with E-state index in [0.29, 0.717) is 34.1 Å². The lowest BCUT2D eigenvalue weighted by Gasteiger charge is -2.08. The molecule has 0 unspecified atom stereocenters. The van der Waals surface area contributed by atoms with E-state index in [4.69, 9.17) is 28.9 Å². The van der Waals surface area contributed by atoms with Crippen LogP contribution in [0, 0.1) is 5.82 Å². The van der Waals surface area contributed by atoms with Gasteiger partial charge in [0.15, 0.2) is 0 Å². The summed E-state index contributed by atoms with van der Waals surface area (Å²) in [5.41, 5.74) is 7.46. The number of nitrogens with two attached hydrogens (primary N) is 1. The van der Waals surface area contributed by atoms with Gasteiger partial charge in [0, 0.05) is 15.6 Å². The summed E-state index contributed by atoms with van der Waals surface area (Å²) in [7, 11) is 0. The maximum absolute atomic E-state index is 13.8. The van der Waals surface area contributed by atoms with Crippen molar-refractivity contribution in [2.24, 2.45) is 5.73 Å². The zero-order valence-electron chi connectivity index (χ0n) is 9.59. The van der Waals surface area contributed by atoms with Crippen molar-refractivity contribution in [2.45, 2.75) is 6.42 Å². The van der Waals surface area contributed by atoms with Crippen LogP contribution in [-0.2, 0) is 6.42 Å². The van der Waals surface area contributed by atoms with Gasteiger partial charge in [0.2, 0.25) is 0 Å². The van der Waals surface area contributed by atoms with Gasteiger partial charge in [-0.15, -0.1) is 0 Å². The molecule has 0 aliphatic carbocycles. The fraction of sp³-hybridized carbons (Fsp3) is 0.143. The first-order chi connectivity index (χ1) is 8.61. The second kappa shape index (κ2) is 5.70. The Morgan fingerprint density at radius 1 is 1.06 bits per heavy atom. The molecular weight excluding hydrogens is 272 g/mol. The highest BCUT2D eigenvalue weighted by Crippen LogP contribution is 2.31. The molecule has 0 fully saturated rings. The summed E-state index contributed by atoms with van der Waals surface area (Å²) in [6.07, 6.45) is 0.523. The molecule has 4 heteroatoms. The van der Waals surface area contributed by atoms with Crippen molar-refractivity contribution >= 4 is 23.2 Å². The quantitative estimate of drug-likeness (QED) is 0.893. The molecule has 1 nitrogen and oxygen atoms in total. The molecule has 0 saturated heterocycles. The van der Waals surface area contributed by atoms with Crippen LogP contribution in [0.3, 0.4) is 0 Å². The van der Waals surface area contributed by atoms with E-state index >= 15 is 0 Å². The number of benzene rings is 2. The van der Waals surface area contributed by atoms with Gasteiger partial charge in [-0.2, -0.15) is 0 Å². The Bertz CT molecular complexity index is 570. The van der Waals surface area contributed by atoms with Crippen molar-refractivity contribution in [1.82, 2.24) is 0 Å². The molecule has 0 aromatic heterocycles. The SMILES string of the molecule is NCCc1ccc(-c2cc(Cl)ccc2Cl)cc1F. The fourth-order valence-electron chi connectivity index (χ4n) is 1.79. The lowest BCUT2D eigenvalue weighted by atomic mass is 10.0. The topological polar surface area (TPSA) is 26.0 Å². The summed E-state index contributed by atoms with van der Waals surface area (Å²) < 4.78 is 13.8. The fourth-order valence-corrected chi connectivity index (χ4v) is 2.19. The van der Waals surface area contributed by atoms with Crippen LogP contribution < -0.4 is 5.73 Å². The van der Waals surface area contributed by atoms with Crippen LogP contribution in [0.2, 0.25) is 10.0 Å². The average Bonchev–Trinajstić information content (AvgIpc) is 2.35. The predicted octanol–water partition coefficient (Wildman–Crippen LogP) is 4.30. The third kappa shape index (κ3) is 2.83. The Labute approximate surface area is 115 Å². The minimum absolute atomic E-state index is 0.269. The smallest absolute Gasteiger partial charge is 0.127 e. The van der Waals surface area contributed by atoms with Crippen molar-refractivity contribution in [2.75, 3.05) is 6.54 Å². The van der Waals surface area contributed by atoms with Crippen molar-refractivity contribution in [3.05, 3.63) is 57.8 Å². The van der Waals surface area contributed by atoms with E-state index in [1.165, 1.54) is 6.07 Å². The maximum Gasteiger partial charge on any atom is 0.127 e. The molecule has 0 saturated carbocycles. The predicted molar refractivity (Wildman–Crippen MR) is 74.6 cm³/mol.